The van der Waals surface area contributed by atoms with Crippen molar-refractivity contribution in [1.82, 2.24) is 19.7 Å². The highest BCUT2D eigenvalue weighted by molar-refractivity contribution is 9.10. The quantitative estimate of drug-likeness (QED) is 0.832. The van der Waals surface area contributed by atoms with Crippen molar-refractivity contribution in [2.75, 3.05) is 0 Å². The predicted molar refractivity (Wildman–Crippen MR) is 81.1 cm³/mol. The lowest BCUT2D eigenvalue weighted by Gasteiger charge is -2.08. The lowest BCUT2D eigenvalue weighted by molar-refractivity contribution is 0.626. The maximum atomic E-state index is 4.59. The third-order valence-corrected chi connectivity index (χ3v) is 5.47. The van der Waals surface area contributed by atoms with Gasteiger partial charge in [0.25, 0.3) is 0 Å². The molecule has 2 saturated carbocycles. The van der Waals surface area contributed by atoms with Crippen LogP contribution in [0, 0.1) is 6.92 Å². The molecule has 2 aromatic heterocycles. The smallest absolute Gasteiger partial charge is 0.197 e. The highest BCUT2D eigenvalue weighted by atomic mass is 79.9. The van der Waals surface area contributed by atoms with Gasteiger partial charge < -0.3 is 4.57 Å². The van der Waals surface area contributed by atoms with Gasteiger partial charge in [0.1, 0.15) is 10.9 Å². The molecule has 0 bridgehead atoms. The van der Waals surface area contributed by atoms with Gasteiger partial charge in [-0.25, -0.2) is 4.98 Å². The molecule has 2 aliphatic carbocycles. The van der Waals surface area contributed by atoms with Crippen LogP contribution in [0.5, 0.6) is 0 Å². The Morgan fingerprint density at radius 2 is 2.00 bits per heavy atom. The van der Waals surface area contributed by atoms with Crippen molar-refractivity contribution in [3.05, 3.63) is 28.1 Å². The zero-order valence-corrected chi connectivity index (χ0v) is 13.6. The summed E-state index contributed by atoms with van der Waals surface area (Å²) < 4.78 is 3.41. The average Bonchev–Trinajstić information content (AvgIpc) is 3.33. The van der Waals surface area contributed by atoms with Gasteiger partial charge >= 0.3 is 0 Å². The first-order valence-corrected chi connectivity index (χ1v) is 8.59. The second-order valence-electron chi connectivity index (χ2n) is 5.54. The Kier molecular flexibility index (Phi) is 3.11. The zero-order valence-electron chi connectivity index (χ0n) is 11.2. The van der Waals surface area contributed by atoms with Crippen LogP contribution in [0.3, 0.4) is 0 Å². The molecule has 0 N–H and O–H groups in total. The summed E-state index contributed by atoms with van der Waals surface area (Å²) >= 11 is 5.12. The van der Waals surface area contributed by atoms with Crippen molar-refractivity contribution in [3.63, 3.8) is 0 Å². The first-order valence-electron chi connectivity index (χ1n) is 6.98. The van der Waals surface area contributed by atoms with Gasteiger partial charge in [-0.05, 0) is 72.4 Å². The first kappa shape index (κ1) is 12.8. The van der Waals surface area contributed by atoms with Crippen LogP contribution in [-0.4, -0.2) is 19.7 Å². The van der Waals surface area contributed by atoms with Crippen molar-refractivity contribution in [2.45, 2.75) is 54.7 Å². The van der Waals surface area contributed by atoms with Crippen LogP contribution in [0.2, 0.25) is 0 Å². The van der Waals surface area contributed by atoms with Gasteiger partial charge in [-0.2, -0.15) is 0 Å². The Labute approximate surface area is 130 Å². The van der Waals surface area contributed by atoms with Crippen LogP contribution in [0.15, 0.2) is 26.8 Å². The van der Waals surface area contributed by atoms with Crippen molar-refractivity contribution in [3.8, 4) is 0 Å². The monoisotopic (exact) mass is 350 g/mol. The van der Waals surface area contributed by atoms with Gasteiger partial charge in [-0.3, -0.25) is 0 Å². The topological polar surface area (TPSA) is 43.6 Å². The second kappa shape index (κ2) is 4.84. The minimum Gasteiger partial charge on any atom is -0.302 e. The molecule has 0 atom stereocenters. The average molecular weight is 351 g/mol. The summed E-state index contributed by atoms with van der Waals surface area (Å²) in [6, 6.07) is 4.70. The molecule has 2 heterocycles. The van der Waals surface area contributed by atoms with Crippen molar-refractivity contribution >= 4 is 27.7 Å². The van der Waals surface area contributed by atoms with E-state index in [9.17, 15) is 0 Å². The van der Waals surface area contributed by atoms with Gasteiger partial charge in [0.2, 0.25) is 0 Å². The molecule has 0 aliphatic heterocycles. The van der Waals surface area contributed by atoms with Gasteiger partial charge in [-0.15, -0.1) is 10.2 Å². The molecule has 6 heteroatoms. The summed E-state index contributed by atoms with van der Waals surface area (Å²) in [5.74, 6) is 1.85. The van der Waals surface area contributed by atoms with Crippen molar-refractivity contribution in [1.29, 1.82) is 0 Å². The lowest BCUT2D eigenvalue weighted by atomic mass is 10.4. The highest BCUT2D eigenvalue weighted by Gasteiger charge is 2.36. The summed E-state index contributed by atoms with van der Waals surface area (Å²) in [6.07, 6.45) is 5.06. The minimum absolute atomic E-state index is 0.625. The fourth-order valence-corrected chi connectivity index (χ4v) is 3.47. The lowest BCUT2D eigenvalue weighted by Crippen LogP contribution is -2.02. The van der Waals surface area contributed by atoms with Crippen LogP contribution in [0.25, 0.3) is 0 Å². The molecular formula is C14H15BrN4S. The molecule has 20 heavy (non-hydrogen) atoms. The van der Waals surface area contributed by atoms with Gasteiger partial charge in [0.05, 0.1) is 5.69 Å². The van der Waals surface area contributed by atoms with E-state index in [1.165, 1.54) is 31.5 Å². The number of hydrogen-bond donors (Lipinski definition) is 0. The molecule has 104 valence electrons. The van der Waals surface area contributed by atoms with E-state index in [0.717, 1.165) is 20.3 Å². The van der Waals surface area contributed by atoms with Crippen molar-refractivity contribution in [2.24, 2.45) is 0 Å². The van der Waals surface area contributed by atoms with Gasteiger partial charge in [0, 0.05) is 16.4 Å². The van der Waals surface area contributed by atoms with Gasteiger partial charge in [-0.1, -0.05) is 0 Å². The van der Waals surface area contributed by atoms with E-state index in [2.05, 4.69) is 35.7 Å². The van der Waals surface area contributed by atoms with Crippen molar-refractivity contribution < 1.29 is 0 Å². The van der Waals surface area contributed by atoms with Gasteiger partial charge in [0.15, 0.2) is 5.16 Å². The fraction of sp³-hybridized carbons (Fsp3) is 0.500. The largest absolute Gasteiger partial charge is 0.302 e. The summed E-state index contributed by atoms with van der Waals surface area (Å²) in [7, 11) is 0. The fourth-order valence-electron chi connectivity index (χ4n) is 2.33. The molecule has 0 aromatic carbocycles. The summed E-state index contributed by atoms with van der Waals surface area (Å²) in [5.41, 5.74) is 1.01. The summed E-state index contributed by atoms with van der Waals surface area (Å²) in [5, 5.41) is 10.8. The normalized spacial score (nSPS) is 18.5. The van der Waals surface area contributed by atoms with E-state index in [4.69, 9.17) is 0 Å². The number of aryl methyl sites for hydroxylation is 1. The molecule has 2 fully saturated rings. The SMILES string of the molecule is Cc1nc(Sc2nnc(C3CC3)n2C2CC2)ccc1Br. The van der Waals surface area contributed by atoms with E-state index in [-0.39, 0.29) is 0 Å². The van der Waals surface area contributed by atoms with Crippen LogP contribution in [-0.2, 0) is 0 Å². The maximum absolute atomic E-state index is 4.59. The van der Waals surface area contributed by atoms with E-state index in [1.54, 1.807) is 11.8 Å². The third-order valence-electron chi connectivity index (χ3n) is 3.74. The minimum atomic E-state index is 0.625. The second-order valence-corrected chi connectivity index (χ2v) is 7.38. The predicted octanol–water partition coefficient (Wildman–Crippen LogP) is 4.11. The Hall–Kier alpha value is -0.880. The number of pyridine rings is 1. The Bertz CT molecular complexity index is 661. The molecule has 0 spiro atoms. The molecule has 0 radical (unpaired) electrons. The molecule has 0 amide bonds. The molecular weight excluding hydrogens is 336 g/mol. The Morgan fingerprint density at radius 1 is 1.20 bits per heavy atom. The molecule has 4 nitrogen and oxygen atoms in total. The maximum Gasteiger partial charge on any atom is 0.197 e. The zero-order chi connectivity index (χ0) is 13.7. The number of aromatic nitrogens is 4. The summed E-state index contributed by atoms with van der Waals surface area (Å²) in [4.78, 5) is 4.59. The highest BCUT2D eigenvalue weighted by Crippen LogP contribution is 2.46. The first-order chi connectivity index (χ1) is 9.72. The Balaban J connectivity index is 1.66. The molecule has 0 unspecified atom stereocenters. The van der Waals surface area contributed by atoms with E-state index in [0.29, 0.717) is 12.0 Å². The van der Waals surface area contributed by atoms with Crippen LogP contribution in [0.1, 0.15) is 49.2 Å². The number of rotatable bonds is 4. The number of hydrogen-bond acceptors (Lipinski definition) is 4. The van der Waals surface area contributed by atoms with E-state index < -0.39 is 0 Å². The van der Waals surface area contributed by atoms with Crippen LogP contribution < -0.4 is 0 Å². The number of nitrogens with zero attached hydrogens (tertiary/aromatic N) is 4. The van der Waals surface area contributed by atoms with Crippen LogP contribution in [0.4, 0.5) is 0 Å². The van der Waals surface area contributed by atoms with E-state index >= 15 is 0 Å². The number of halogens is 1. The molecule has 4 rings (SSSR count). The molecule has 0 saturated heterocycles. The summed E-state index contributed by atoms with van der Waals surface area (Å²) in [6.45, 7) is 2.01. The standard InChI is InChI=1S/C14H15BrN4S/c1-8-11(15)6-7-12(16-8)20-14-18-17-13(9-2-3-9)19(14)10-4-5-10/h6-7,9-10H,2-5H2,1H3. The molecule has 2 aromatic rings. The Morgan fingerprint density at radius 3 is 2.65 bits per heavy atom. The van der Waals surface area contributed by atoms with Crippen LogP contribution >= 0.6 is 27.7 Å². The molecule has 2 aliphatic rings. The third kappa shape index (κ3) is 2.39. The van der Waals surface area contributed by atoms with E-state index in [1.807, 2.05) is 19.1 Å².